The Labute approximate surface area is 104 Å². The number of nitrogens with zero attached hydrogens (tertiary/aromatic N) is 1. The second-order valence-electron chi connectivity index (χ2n) is 3.85. The van der Waals surface area contributed by atoms with Crippen molar-refractivity contribution in [2.24, 2.45) is 0 Å². The molecule has 0 fully saturated rings. The van der Waals surface area contributed by atoms with Crippen molar-refractivity contribution in [3.05, 3.63) is 35.3 Å². The first-order valence-corrected chi connectivity index (χ1v) is 6.19. The van der Waals surface area contributed by atoms with Crippen molar-refractivity contribution in [2.75, 3.05) is 0 Å². The third-order valence-corrected chi connectivity index (χ3v) is 3.08. The third kappa shape index (κ3) is 2.71. The lowest BCUT2D eigenvalue weighted by Crippen LogP contribution is -2.06. The summed E-state index contributed by atoms with van der Waals surface area (Å²) in [5.41, 5.74) is 0.930. The fraction of sp³-hybridized carbons (Fsp3) is 0.231. The number of thiazole rings is 1. The molecule has 0 radical (unpaired) electrons. The number of ether oxygens (including phenoxy) is 1. The standard InChI is InChI=1S/C13H13NO2S/c1-9(2)16-12-6-4-3-5-11(12)13-14-7-10(8-15)17-13/h3-9H,1-2H3. The Kier molecular flexibility index (Phi) is 3.54. The molecule has 0 unspecified atom stereocenters. The summed E-state index contributed by atoms with van der Waals surface area (Å²) in [5.74, 6) is 0.800. The van der Waals surface area contributed by atoms with E-state index in [1.807, 2.05) is 38.1 Å². The van der Waals surface area contributed by atoms with Gasteiger partial charge in [0.25, 0.3) is 0 Å². The molecule has 1 aromatic carbocycles. The molecular formula is C13H13NO2S. The van der Waals surface area contributed by atoms with E-state index in [2.05, 4.69) is 4.98 Å². The number of rotatable bonds is 4. The van der Waals surface area contributed by atoms with Gasteiger partial charge in [-0.05, 0) is 26.0 Å². The molecule has 0 aliphatic heterocycles. The van der Waals surface area contributed by atoms with Crippen LogP contribution in [0.5, 0.6) is 5.75 Å². The van der Waals surface area contributed by atoms with Crippen LogP contribution in [0.2, 0.25) is 0 Å². The Morgan fingerprint density at radius 3 is 2.76 bits per heavy atom. The molecule has 0 spiro atoms. The number of hydrogen-bond donors (Lipinski definition) is 0. The molecular weight excluding hydrogens is 234 g/mol. The van der Waals surface area contributed by atoms with Gasteiger partial charge in [0.2, 0.25) is 0 Å². The summed E-state index contributed by atoms with van der Waals surface area (Å²) in [6.45, 7) is 3.96. The van der Waals surface area contributed by atoms with Crippen LogP contribution in [0, 0.1) is 0 Å². The molecule has 1 heterocycles. The van der Waals surface area contributed by atoms with Crippen LogP contribution in [-0.4, -0.2) is 17.4 Å². The zero-order valence-electron chi connectivity index (χ0n) is 9.71. The van der Waals surface area contributed by atoms with Gasteiger partial charge in [-0.2, -0.15) is 0 Å². The van der Waals surface area contributed by atoms with E-state index < -0.39 is 0 Å². The molecule has 0 N–H and O–H groups in total. The molecule has 0 saturated carbocycles. The number of carbonyl (C=O) groups is 1. The van der Waals surface area contributed by atoms with E-state index in [1.165, 1.54) is 11.3 Å². The maximum atomic E-state index is 10.7. The summed E-state index contributed by atoms with van der Waals surface area (Å²) in [7, 11) is 0. The molecule has 0 atom stereocenters. The van der Waals surface area contributed by atoms with E-state index in [4.69, 9.17) is 4.74 Å². The summed E-state index contributed by atoms with van der Waals surface area (Å²) in [6, 6.07) is 7.72. The Hall–Kier alpha value is -1.68. The highest BCUT2D eigenvalue weighted by Gasteiger charge is 2.10. The zero-order valence-corrected chi connectivity index (χ0v) is 10.5. The van der Waals surface area contributed by atoms with Gasteiger partial charge in [0.15, 0.2) is 6.29 Å². The molecule has 3 nitrogen and oxygen atoms in total. The number of hydrogen-bond acceptors (Lipinski definition) is 4. The highest BCUT2D eigenvalue weighted by Crippen LogP contribution is 2.32. The topological polar surface area (TPSA) is 39.2 Å². The van der Waals surface area contributed by atoms with Gasteiger partial charge in [-0.25, -0.2) is 4.98 Å². The largest absolute Gasteiger partial charge is 0.490 e. The summed E-state index contributed by atoms with van der Waals surface area (Å²) < 4.78 is 5.72. The lowest BCUT2D eigenvalue weighted by molar-refractivity contribution is 0.112. The van der Waals surface area contributed by atoms with Crippen molar-refractivity contribution in [2.45, 2.75) is 20.0 Å². The van der Waals surface area contributed by atoms with Crippen molar-refractivity contribution in [1.29, 1.82) is 0 Å². The molecule has 2 rings (SSSR count). The first-order chi connectivity index (χ1) is 8.20. The average Bonchev–Trinajstić information content (AvgIpc) is 2.77. The maximum absolute atomic E-state index is 10.7. The summed E-state index contributed by atoms with van der Waals surface area (Å²) in [5, 5.41) is 0.809. The smallest absolute Gasteiger partial charge is 0.161 e. The highest BCUT2D eigenvalue weighted by atomic mass is 32.1. The number of carbonyl (C=O) groups excluding carboxylic acids is 1. The molecule has 0 aliphatic carbocycles. The van der Waals surface area contributed by atoms with Gasteiger partial charge in [0.1, 0.15) is 10.8 Å². The molecule has 0 amide bonds. The van der Waals surface area contributed by atoms with E-state index in [0.717, 1.165) is 22.6 Å². The quantitative estimate of drug-likeness (QED) is 0.777. The number of benzene rings is 1. The van der Waals surface area contributed by atoms with Gasteiger partial charge in [-0.15, -0.1) is 11.3 Å². The van der Waals surface area contributed by atoms with Gasteiger partial charge in [-0.1, -0.05) is 12.1 Å². The Morgan fingerprint density at radius 1 is 1.35 bits per heavy atom. The number of aromatic nitrogens is 1. The Morgan fingerprint density at radius 2 is 2.12 bits per heavy atom. The second-order valence-corrected chi connectivity index (χ2v) is 4.91. The predicted molar refractivity (Wildman–Crippen MR) is 68.7 cm³/mol. The fourth-order valence-electron chi connectivity index (χ4n) is 1.47. The van der Waals surface area contributed by atoms with Gasteiger partial charge in [0, 0.05) is 6.20 Å². The van der Waals surface area contributed by atoms with E-state index in [-0.39, 0.29) is 6.10 Å². The van der Waals surface area contributed by atoms with Crippen LogP contribution in [0.3, 0.4) is 0 Å². The van der Waals surface area contributed by atoms with E-state index in [0.29, 0.717) is 4.88 Å². The lowest BCUT2D eigenvalue weighted by atomic mass is 10.2. The molecule has 2 aromatic rings. The van der Waals surface area contributed by atoms with Crippen molar-refractivity contribution in [3.63, 3.8) is 0 Å². The van der Waals surface area contributed by atoms with Gasteiger partial charge in [-0.3, -0.25) is 4.79 Å². The van der Waals surface area contributed by atoms with Crippen molar-refractivity contribution in [3.8, 4) is 16.3 Å². The first-order valence-electron chi connectivity index (χ1n) is 5.37. The lowest BCUT2D eigenvalue weighted by Gasteiger charge is -2.12. The fourth-order valence-corrected chi connectivity index (χ4v) is 2.23. The van der Waals surface area contributed by atoms with Crippen LogP contribution in [0.15, 0.2) is 30.5 Å². The van der Waals surface area contributed by atoms with Crippen LogP contribution < -0.4 is 4.74 Å². The Balaban J connectivity index is 2.40. The number of para-hydroxylation sites is 1. The monoisotopic (exact) mass is 247 g/mol. The molecule has 0 saturated heterocycles. The first kappa shape index (κ1) is 11.8. The zero-order chi connectivity index (χ0) is 12.3. The molecule has 0 aliphatic rings. The molecule has 4 heteroatoms. The highest BCUT2D eigenvalue weighted by molar-refractivity contribution is 7.16. The molecule has 0 bridgehead atoms. The predicted octanol–water partition coefficient (Wildman–Crippen LogP) is 3.41. The molecule has 1 aromatic heterocycles. The van der Waals surface area contributed by atoms with Crippen LogP contribution >= 0.6 is 11.3 Å². The average molecular weight is 247 g/mol. The van der Waals surface area contributed by atoms with Gasteiger partial charge < -0.3 is 4.74 Å². The minimum Gasteiger partial charge on any atom is -0.490 e. The minimum atomic E-state index is 0.113. The maximum Gasteiger partial charge on any atom is 0.161 e. The summed E-state index contributed by atoms with van der Waals surface area (Å²) in [4.78, 5) is 15.5. The third-order valence-electron chi connectivity index (χ3n) is 2.12. The minimum absolute atomic E-state index is 0.113. The number of aldehydes is 1. The summed E-state index contributed by atoms with van der Waals surface area (Å²) >= 11 is 1.37. The molecule has 17 heavy (non-hydrogen) atoms. The van der Waals surface area contributed by atoms with E-state index >= 15 is 0 Å². The van der Waals surface area contributed by atoms with Crippen molar-refractivity contribution >= 4 is 17.6 Å². The van der Waals surface area contributed by atoms with Crippen molar-refractivity contribution < 1.29 is 9.53 Å². The van der Waals surface area contributed by atoms with E-state index in [1.54, 1.807) is 6.20 Å². The normalized spacial score (nSPS) is 10.5. The van der Waals surface area contributed by atoms with Crippen LogP contribution in [-0.2, 0) is 0 Å². The van der Waals surface area contributed by atoms with Gasteiger partial charge >= 0.3 is 0 Å². The Bertz CT molecular complexity index is 520. The van der Waals surface area contributed by atoms with Gasteiger partial charge in [0.05, 0.1) is 16.5 Å². The van der Waals surface area contributed by atoms with Crippen LogP contribution in [0.25, 0.3) is 10.6 Å². The van der Waals surface area contributed by atoms with Crippen molar-refractivity contribution in [1.82, 2.24) is 4.98 Å². The summed E-state index contributed by atoms with van der Waals surface area (Å²) in [6.07, 6.45) is 2.51. The second kappa shape index (κ2) is 5.10. The molecule has 88 valence electrons. The SMILES string of the molecule is CC(C)Oc1ccccc1-c1ncc(C=O)s1. The van der Waals surface area contributed by atoms with Crippen LogP contribution in [0.4, 0.5) is 0 Å². The van der Waals surface area contributed by atoms with Crippen LogP contribution in [0.1, 0.15) is 23.5 Å². The van der Waals surface area contributed by atoms with E-state index in [9.17, 15) is 4.79 Å².